The summed E-state index contributed by atoms with van der Waals surface area (Å²) in [5.41, 5.74) is 2.19. The Labute approximate surface area is 139 Å². The van der Waals surface area contributed by atoms with Crippen LogP contribution >= 0.6 is 11.6 Å². The van der Waals surface area contributed by atoms with Crippen molar-refractivity contribution >= 4 is 29.7 Å². The summed E-state index contributed by atoms with van der Waals surface area (Å²) in [5.74, 6) is -0.793. The van der Waals surface area contributed by atoms with E-state index < -0.39 is 30.3 Å². The number of amides is 3. The van der Waals surface area contributed by atoms with Crippen LogP contribution in [-0.4, -0.2) is 35.3 Å². The first-order chi connectivity index (χ1) is 10.7. The van der Waals surface area contributed by atoms with Crippen LogP contribution in [-0.2, 0) is 9.47 Å². The number of imide groups is 1. The molecule has 0 bridgehead atoms. The fraction of sp³-hybridized carbons (Fsp3) is 0.400. The zero-order chi connectivity index (χ0) is 17.6. The summed E-state index contributed by atoms with van der Waals surface area (Å²) < 4.78 is 9.82. The molecule has 0 radical (unpaired) electrons. The van der Waals surface area contributed by atoms with Crippen LogP contribution in [0.25, 0.3) is 0 Å². The molecule has 126 valence electrons. The molecule has 0 aliphatic rings. The summed E-state index contributed by atoms with van der Waals surface area (Å²) in [7, 11) is 0. The van der Waals surface area contributed by atoms with E-state index in [-0.39, 0.29) is 5.56 Å². The largest absolute Gasteiger partial charge is 0.446 e. The molecule has 0 aliphatic heterocycles. The SMILES string of the molecule is CC(C)OC(=O)NN(C(=O)OC(C)C)C(=O)c1cccc(Cl)c1. The van der Waals surface area contributed by atoms with Crippen molar-refractivity contribution in [2.75, 3.05) is 0 Å². The normalized spacial score (nSPS) is 10.4. The zero-order valence-corrected chi connectivity index (χ0v) is 14.1. The number of rotatable bonds is 3. The van der Waals surface area contributed by atoms with E-state index in [0.29, 0.717) is 10.0 Å². The second kappa shape index (κ2) is 8.38. The van der Waals surface area contributed by atoms with Crippen molar-refractivity contribution in [1.82, 2.24) is 10.4 Å². The Morgan fingerprint density at radius 2 is 1.70 bits per heavy atom. The van der Waals surface area contributed by atoms with Gasteiger partial charge < -0.3 is 9.47 Å². The third-order valence-corrected chi connectivity index (χ3v) is 2.57. The minimum absolute atomic E-state index is 0.114. The molecule has 1 aromatic rings. The topological polar surface area (TPSA) is 84.9 Å². The number of hydrazine groups is 1. The number of carbonyl (C=O) groups excluding carboxylic acids is 3. The van der Waals surface area contributed by atoms with Gasteiger partial charge in [0, 0.05) is 10.6 Å². The molecule has 1 rings (SSSR count). The van der Waals surface area contributed by atoms with Crippen LogP contribution < -0.4 is 5.43 Å². The molecule has 3 amide bonds. The van der Waals surface area contributed by atoms with E-state index in [9.17, 15) is 14.4 Å². The van der Waals surface area contributed by atoms with Crippen molar-refractivity contribution in [1.29, 1.82) is 0 Å². The first kappa shape index (κ1) is 18.8. The summed E-state index contributed by atoms with van der Waals surface area (Å²) >= 11 is 5.83. The first-order valence-corrected chi connectivity index (χ1v) is 7.36. The molecule has 1 N–H and O–H groups in total. The lowest BCUT2D eigenvalue weighted by Gasteiger charge is -2.22. The molecule has 0 aromatic heterocycles. The van der Waals surface area contributed by atoms with E-state index in [0.717, 1.165) is 0 Å². The average Bonchev–Trinajstić information content (AvgIpc) is 2.42. The van der Waals surface area contributed by atoms with Crippen LogP contribution in [0.4, 0.5) is 9.59 Å². The van der Waals surface area contributed by atoms with Crippen LogP contribution in [0, 0.1) is 0 Å². The minimum Gasteiger partial charge on any atom is -0.446 e. The van der Waals surface area contributed by atoms with Gasteiger partial charge in [0.05, 0.1) is 12.2 Å². The molecule has 0 heterocycles. The molecule has 0 saturated carbocycles. The fourth-order valence-corrected chi connectivity index (χ4v) is 1.71. The van der Waals surface area contributed by atoms with Gasteiger partial charge in [-0.15, -0.1) is 5.01 Å². The lowest BCUT2D eigenvalue weighted by atomic mass is 10.2. The highest BCUT2D eigenvalue weighted by atomic mass is 35.5. The highest BCUT2D eigenvalue weighted by molar-refractivity contribution is 6.31. The molecule has 0 aliphatic carbocycles. The lowest BCUT2D eigenvalue weighted by Crippen LogP contribution is -2.51. The molecule has 0 spiro atoms. The average molecular weight is 343 g/mol. The van der Waals surface area contributed by atoms with Crippen molar-refractivity contribution in [3.8, 4) is 0 Å². The number of carbonyl (C=O) groups is 3. The van der Waals surface area contributed by atoms with Crippen molar-refractivity contribution in [3.05, 3.63) is 34.9 Å². The summed E-state index contributed by atoms with van der Waals surface area (Å²) in [6.45, 7) is 6.50. The van der Waals surface area contributed by atoms with Gasteiger partial charge in [0.15, 0.2) is 0 Å². The maximum Gasteiger partial charge on any atom is 0.436 e. The van der Waals surface area contributed by atoms with Crippen LogP contribution in [0.15, 0.2) is 24.3 Å². The zero-order valence-electron chi connectivity index (χ0n) is 13.3. The Morgan fingerprint density at radius 1 is 1.09 bits per heavy atom. The number of nitrogens with one attached hydrogen (secondary N) is 1. The second-order valence-electron chi connectivity index (χ2n) is 5.15. The van der Waals surface area contributed by atoms with E-state index in [4.69, 9.17) is 21.1 Å². The molecule has 1 aromatic carbocycles. The fourth-order valence-electron chi connectivity index (χ4n) is 1.52. The number of hydrogen-bond acceptors (Lipinski definition) is 5. The monoisotopic (exact) mass is 342 g/mol. The summed E-state index contributed by atoms with van der Waals surface area (Å²) in [5, 5.41) is 0.772. The van der Waals surface area contributed by atoms with Crippen molar-refractivity contribution in [2.45, 2.75) is 39.9 Å². The molecular weight excluding hydrogens is 324 g/mol. The van der Waals surface area contributed by atoms with Crippen LogP contribution in [0.5, 0.6) is 0 Å². The van der Waals surface area contributed by atoms with Gasteiger partial charge in [-0.3, -0.25) is 4.79 Å². The predicted molar refractivity (Wildman–Crippen MR) is 84.0 cm³/mol. The summed E-state index contributed by atoms with van der Waals surface area (Å²) in [4.78, 5) is 36.2. The van der Waals surface area contributed by atoms with Gasteiger partial charge in [-0.05, 0) is 45.9 Å². The van der Waals surface area contributed by atoms with Crippen LogP contribution in [0.2, 0.25) is 5.02 Å². The van der Waals surface area contributed by atoms with E-state index >= 15 is 0 Å². The molecule has 7 nitrogen and oxygen atoms in total. The van der Waals surface area contributed by atoms with Gasteiger partial charge >= 0.3 is 12.2 Å². The first-order valence-electron chi connectivity index (χ1n) is 6.98. The highest BCUT2D eigenvalue weighted by Gasteiger charge is 2.28. The molecular formula is C15H19ClN2O5. The van der Waals surface area contributed by atoms with E-state index in [1.807, 2.05) is 0 Å². The number of ether oxygens (including phenoxy) is 2. The van der Waals surface area contributed by atoms with Gasteiger partial charge in [0.1, 0.15) is 0 Å². The molecule has 0 unspecified atom stereocenters. The standard InChI is InChI=1S/C15H19ClN2O5/c1-9(2)22-14(20)17-18(15(21)23-10(3)4)13(19)11-6-5-7-12(16)8-11/h5-10H,1-4H3,(H,17,20). The minimum atomic E-state index is -1.02. The second-order valence-corrected chi connectivity index (χ2v) is 5.59. The van der Waals surface area contributed by atoms with Gasteiger partial charge in [-0.25, -0.2) is 15.0 Å². The quantitative estimate of drug-likeness (QED) is 0.851. The van der Waals surface area contributed by atoms with Crippen LogP contribution in [0.1, 0.15) is 38.1 Å². The third-order valence-electron chi connectivity index (χ3n) is 2.34. The summed E-state index contributed by atoms with van der Waals surface area (Å²) in [6, 6.07) is 5.96. The molecule has 23 heavy (non-hydrogen) atoms. The Balaban J connectivity index is 3.00. The Kier molecular flexibility index (Phi) is 6.84. The molecule has 0 atom stereocenters. The van der Waals surface area contributed by atoms with E-state index in [1.54, 1.807) is 39.8 Å². The molecule has 8 heteroatoms. The van der Waals surface area contributed by atoms with E-state index in [2.05, 4.69) is 5.43 Å². The Hall–Kier alpha value is -2.28. The predicted octanol–water partition coefficient (Wildman–Crippen LogP) is 3.38. The number of hydrogen-bond donors (Lipinski definition) is 1. The Bertz CT molecular complexity index is 589. The van der Waals surface area contributed by atoms with Crippen molar-refractivity contribution in [2.24, 2.45) is 0 Å². The molecule has 0 fully saturated rings. The number of nitrogens with zero attached hydrogens (tertiary/aromatic N) is 1. The van der Waals surface area contributed by atoms with Crippen molar-refractivity contribution in [3.63, 3.8) is 0 Å². The smallest absolute Gasteiger partial charge is 0.436 e. The number of halogens is 1. The van der Waals surface area contributed by atoms with Gasteiger partial charge in [0.2, 0.25) is 0 Å². The van der Waals surface area contributed by atoms with E-state index in [1.165, 1.54) is 12.1 Å². The maximum atomic E-state index is 12.4. The summed E-state index contributed by atoms with van der Waals surface area (Å²) in [6.07, 6.45) is -2.86. The van der Waals surface area contributed by atoms with Gasteiger partial charge in [0.25, 0.3) is 5.91 Å². The Morgan fingerprint density at radius 3 is 2.22 bits per heavy atom. The van der Waals surface area contributed by atoms with Gasteiger partial charge in [-0.1, -0.05) is 17.7 Å². The van der Waals surface area contributed by atoms with Crippen molar-refractivity contribution < 1.29 is 23.9 Å². The third kappa shape index (κ3) is 6.15. The molecule has 0 saturated heterocycles. The maximum absolute atomic E-state index is 12.4. The van der Waals surface area contributed by atoms with Crippen LogP contribution in [0.3, 0.4) is 0 Å². The van der Waals surface area contributed by atoms with Gasteiger partial charge in [-0.2, -0.15) is 0 Å². The lowest BCUT2D eigenvalue weighted by molar-refractivity contribution is 0.0383. The number of benzene rings is 1. The highest BCUT2D eigenvalue weighted by Crippen LogP contribution is 2.13.